The fourth-order valence-corrected chi connectivity index (χ4v) is 16.7. The maximum Gasteiger partial charge on any atom is 0.0462 e. The molecule has 0 bridgehead atoms. The summed E-state index contributed by atoms with van der Waals surface area (Å²) in [5.74, 6) is 0. The minimum Gasteiger partial charge on any atom is -0.311 e. The summed E-state index contributed by atoms with van der Waals surface area (Å²) in [5, 5.41) is 5.29. The third kappa shape index (κ3) is 17.4. The van der Waals surface area contributed by atoms with E-state index in [0.29, 0.717) is 0 Å². The van der Waals surface area contributed by atoms with Gasteiger partial charge < -0.3 is 9.80 Å². The zero-order valence-corrected chi connectivity index (χ0v) is 63.6. The van der Waals surface area contributed by atoms with Crippen molar-refractivity contribution in [1.82, 2.24) is 0 Å². The van der Waals surface area contributed by atoms with Crippen molar-refractivity contribution in [3.63, 3.8) is 0 Å². The molecule has 0 radical (unpaired) electrons. The van der Waals surface area contributed by atoms with Crippen LogP contribution >= 0.6 is 0 Å². The molecule has 0 saturated heterocycles. The molecule has 0 heterocycles. The summed E-state index contributed by atoms with van der Waals surface area (Å²) in [6, 6.07) is 102. The lowest BCUT2D eigenvalue weighted by molar-refractivity contribution is 0.379. The molecule has 0 aliphatic rings. The summed E-state index contributed by atoms with van der Waals surface area (Å²) in [6.07, 6.45) is 27.9. The van der Waals surface area contributed by atoms with Gasteiger partial charge in [0.05, 0.1) is 0 Å². The quantitative estimate of drug-likeness (QED) is 0.0361. The van der Waals surface area contributed by atoms with Crippen molar-refractivity contribution in [3.8, 4) is 55.6 Å². The Morgan fingerprint density at radius 1 is 0.243 bits per heavy atom. The number of anilines is 6. The van der Waals surface area contributed by atoms with Gasteiger partial charge in [-0.1, -0.05) is 334 Å². The first kappa shape index (κ1) is 73.5. The van der Waals surface area contributed by atoms with Crippen LogP contribution in [-0.2, 0) is 23.7 Å². The van der Waals surface area contributed by atoms with Gasteiger partial charge in [0.25, 0.3) is 0 Å². The molecule has 12 aromatic rings. The molecule has 2 atom stereocenters. The van der Waals surface area contributed by atoms with Gasteiger partial charge in [-0.25, -0.2) is 0 Å². The summed E-state index contributed by atoms with van der Waals surface area (Å²) in [6.45, 7) is 18.9. The summed E-state index contributed by atoms with van der Waals surface area (Å²) < 4.78 is 0. The lowest BCUT2D eigenvalue weighted by atomic mass is 9.75. The molecule has 0 saturated carbocycles. The summed E-state index contributed by atoms with van der Waals surface area (Å²) >= 11 is 0. The lowest BCUT2D eigenvalue weighted by Gasteiger charge is -2.31. The van der Waals surface area contributed by atoms with E-state index < -0.39 is 0 Å². The van der Waals surface area contributed by atoms with Crippen LogP contribution in [0, 0.1) is 0 Å². The molecule has 2 heteroatoms. The van der Waals surface area contributed by atoms with Gasteiger partial charge in [0.15, 0.2) is 0 Å². The Balaban J connectivity index is 0.965. The first-order chi connectivity index (χ1) is 50.6. The van der Waals surface area contributed by atoms with Crippen LogP contribution in [0.2, 0.25) is 0 Å². The highest BCUT2D eigenvalue weighted by atomic mass is 15.1. The highest BCUT2D eigenvalue weighted by Gasteiger charge is 2.28. The topological polar surface area (TPSA) is 6.48 Å². The van der Waals surface area contributed by atoms with Gasteiger partial charge in [-0.15, -0.1) is 0 Å². The predicted molar refractivity (Wildman–Crippen MR) is 451 cm³/mol. The SMILES string of the molecule is CCCCCCCCc1cc(-c2ccc(N(c3ccc(-c4ccccc4)cc3)c3ccc(C(C)(CC)CCC)cc3)cc2)c2ccccc2c1-c1c(CCCCCCCC)cc(-c2ccc(N(c3ccc(-c4ccccc4)cc3)c3ccc(C(C)(CCC)CCCCC)cc3)cc2)c2ccccc12. The predicted octanol–water partition coefficient (Wildman–Crippen LogP) is 31.2. The van der Waals surface area contributed by atoms with Crippen LogP contribution in [0.3, 0.4) is 0 Å². The van der Waals surface area contributed by atoms with Gasteiger partial charge in [0, 0.05) is 34.1 Å². The average molecular weight is 1360 g/mol. The molecular formula is C101H114N2. The van der Waals surface area contributed by atoms with Crippen LogP contribution in [0.1, 0.15) is 212 Å². The van der Waals surface area contributed by atoms with E-state index in [9.17, 15) is 0 Å². The second kappa shape index (κ2) is 35.8. The molecule has 0 N–H and O–H groups in total. The number of unbranched alkanes of at least 4 members (excludes halogenated alkanes) is 12. The number of fused-ring (bicyclic) bond motifs is 2. The Morgan fingerprint density at radius 2 is 0.534 bits per heavy atom. The molecule has 0 aromatic heterocycles. The van der Waals surface area contributed by atoms with Gasteiger partial charge in [0.1, 0.15) is 0 Å². The molecule has 0 aliphatic heterocycles. The molecular weight excluding hydrogens is 1240 g/mol. The van der Waals surface area contributed by atoms with Crippen LogP contribution in [0.5, 0.6) is 0 Å². The van der Waals surface area contributed by atoms with Crippen LogP contribution in [0.25, 0.3) is 77.2 Å². The van der Waals surface area contributed by atoms with Crippen LogP contribution in [-0.4, -0.2) is 0 Å². The number of nitrogens with zero attached hydrogens (tertiary/aromatic N) is 2. The molecule has 528 valence electrons. The monoisotopic (exact) mass is 1350 g/mol. The number of rotatable bonds is 36. The van der Waals surface area contributed by atoms with Gasteiger partial charge in [-0.3, -0.25) is 0 Å². The second-order valence-corrected chi connectivity index (χ2v) is 30.2. The summed E-state index contributed by atoms with van der Waals surface area (Å²) in [4.78, 5) is 4.91. The van der Waals surface area contributed by atoms with E-state index in [0.717, 1.165) is 60.5 Å². The molecule has 12 aromatic carbocycles. The maximum atomic E-state index is 2.63. The Labute approximate surface area is 620 Å². The summed E-state index contributed by atoms with van der Waals surface area (Å²) in [5.41, 5.74) is 25.8. The van der Waals surface area contributed by atoms with E-state index in [1.165, 1.54) is 221 Å². The normalized spacial score (nSPS) is 12.7. The number of hydrogen-bond acceptors (Lipinski definition) is 2. The maximum absolute atomic E-state index is 2.63. The van der Waals surface area contributed by atoms with E-state index in [-0.39, 0.29) is 10.8 Å². The highest BCUT2D eigenvalue weighted by Crippen LogP contribution is 2.49. The molecule has 12 rings (SSSR count). The summed E-state index contributed by atoms with van der Waals surface area (Å²) in [7, 11) is 0. The van der Waals surface area contributed by atoms with Crippen molar-refractivity contribution in [3.05, 3.63) is 289 Å². The largest absolute Gasteiger partial charge is 0.311 e. The van der Waals surface area contributed by atoms with Gasteiger partial charge >= 0.3 is 0 Å². The van der Waals surface area contributed by atoms with E-state index in [1.807, 2.05) is 0 Å². The van der Waals surface area contributed by atoms with Crippen LogP contribution in [0.15, 0.2) is 267 Å². The Morgan fingerprint density at radius 3 is 0.893 bits per heavy atom. The van der Waals surface area contributed by atoms with Crippen molar-refractivity contribution < 1.29 is 0 Å². The first-order valence-electron chi connectivity index (χ1n) is 40.0. The van der Waals surface area contributed by atoms with Crippen molar-refractivity contribution >= 4 is 55.7 Å². The number of hydrogen-bond donors (Lipinski definition) is 0. The smallest absolute Gasteiger partial charge is 0.0462 e. The zero-order valence-electron chi connectivity index (χ0n) is 63.6. The molecule has 2 unspecified atom stereocenters. The molecule has 0 fully saturated rings. The fourth-order valence-electron chi connectivity index (χ4n) is 16.7. The minimum absolute atomic E-state index is 0.143. The third-order valence-electron chi connectivity index (χ3n) is 22.8. The number of aryl methyl sites for hydroxylation is 2. The standard InChI is InChI=1S/C101H114N2/c1-9-15-18-20-22-26-41-82-74-96(80-51-63-88(64-52-80)102(86-59-47-78(48-60-86)76-37-28-24-29-38-76)90-67-55-84(56-68-90)100(7,14-6)71-12-4)92-43-32-34-45-94(92)98(82)99-83(42-27-23-21-19-16-10-2)75-97(93-44-33-35-46-95(93)99)81-53-65-89(66-54-81)103(87-61-49-79(50-62-87)77-39-30-25-31-40-77)91-69-57-85(58-70-91)101(8,72-13-5)73-36-17-11-3/h24-25,28-35,37-40,43-70,74-75H,9-23,26-27,36,41-42,71-73H2,1-8H3. The van der Waals surface area contributed by atoms with Gasteiger partial charge in [-0.2, -0.15) is 0 Å². The van der Waals surface area contributed by atoms with E-state index >= 15 is 0 Å². The molecule has 0 aliphatic carbocycles. The highest BCUT2D eigenvalue weighted by molar-refractivity contribution is 6.14. The molecule has 0 spiro atoms. The van der Waals surface area contributed by atoms with E-state index in [1.54, 1.807) is 0 Å². The van der Waals surface area contributed by atoms with Crippen molar-refractivity contribution in [2.24, 2.45) is 0 Å². The molecule has 2 nitrogen and oxygen atoms in total. The number of benzene rings is 12. The molecule has 103 heavy (non-hydrogen) atoms. The molecule has 0 amide bonds. The Bertz CT molecular complexity index is 4590. The lowest BCUT2D eigenvalue weighted by Crippen LogP contribution is -2.22. The van der Waals surface area contributed by atoms with Crippen molar-refractivity contribution in [2.75, 3.05) is 9.80 Å². The second-order valence-electron chi connectivity index (χ2n) is 30.2. The van der Waals surface area contributed by atoms with E-state index in [4.69, 9.17) is 0 Å². The fraction of sp³-hybridized carbons (Fsp3) is 0.327. The Hall–Kier alpha value is -9.24. The van der Waals surface area contributed by atoms with E-state index in [2.05, 4.69) is 332 Å². The minimum atomic E-state index is 0.143. The van der Waals surface area contributed by atoms with Crippen molar-refractivity contribution in [1.29, 1.82) is 0 Å². The average Bonchev–Trinajstić information content (AvgIpc) is 0.732. The Kier molecular flexibility index (Phi) is 25.5. The van der Waals surface area contributed by atoms with Gasteiger partial charge in [-0.05, 0) is 247 Å². The third-order valence-corrected chi connectivity index (χ3v) is 22.8. The van der Waals surface area contributed by atoms with Gasteiger partial charge in [0.2, 0.25) is 0 Å². The zero-order chi connectivity index (χ0) is 71.4. The van der Waals surface area contributed by atoms with Crippen LogP contribution < -0.4 is 9.80 Å². The van der Waals surface area contributed by atoms with Crippen LogP contribution in [0.4, 0.5) is 34.1 Å². The van der Waals surface area contributed by atoms with Crippen molar-refractivity contribution in [2.45, 2.75) is 214 Å². The first-order valence-corrected chi connectivity index (χ1v) is 40.0.